The average Bonchev–Trinajstić information content (AvgIpc) is 2.61. The van der Waals surface area contributed by atoms with Crippen molar-refractivity contribution in [2.24, 2.45) is 5.73 Å². The highest BCUT2D eigenvalue weighted by Gasteiger charge is 2.10. The Bertz CT molecular complexity index is 498. The standard InChI is InChI=1S/C11H10BrFN2S/c12-10-9(4-5-14)16-11(15-10)7-2-1-3-8(13)6-7/h1-3,6H,4-5,14H2. The quantitative estimate of drug-likeness (QED) is 0.945. The summed E-state index contributed by atoms with van der Waals surface area (Å²) in [5.41, 5.74) is 6.30. The lowest BCUT2D eigenvalue weighted by Crippen LogP contribution is -2.01. The molecule has 0 bridgehead atoms. The zero-order valence-electron chi connectivity index (χ0n) is 8.41. The van der Waals surface area contributed by atoms with Crippen LogP contribution in [0, 0.1) is 5.82 Å². The number of hydrogen-bond donors (Lipinski definition) is 1. The lowest BCUT2D eigenvalue weighted by Gasteiger charge is -1.94. The van der Waals surface area contributed by atoms with Gasteiger partial charge in [-0.25, -0.2) is 9.37 Å². The summed E-state index contributed by atoms with van der Waals surface area (Å²) < 4.78 is 13.9. The topological polar surface area (TPSA) is 38.9 Å². The number of nitrogens with two attached hydrogens (primary N) is 1. The van der Waals surface area contributed by atoms with Crippen molar-refractivity contribution in [3.8, 4) is 10.6 Å². The van der Waals surface area contributed by atoms with E-state index in [1.165, 1.54) is 12.1 Å². The summed E-state index contributed by atoms with van der Waals surface area (Å²) >= 11 is 4.93. The second-order valence-electron chi connectivity index (χ2n) is 3.28. The van der Waals surface area contributed by atoms with Crippen LogP contribution in [0.25, 0.3) is 10.6 Å². The molecule has 0 aliphatic heterocycles. The Morgan fingerprint density at radius 1 is 1.44 bits per heavy atom. The van der Waals surface area contributed by atoms with Crippen molar-refractivity contribution in [3.05, 3.63) is 39.6 Å². The predicted molar refractivity (Wildman–Crippen MR) is 68.0 cm³/mol. The van der Waals surface area contributed by atoms with E-state index in [4.69, 9.17) is 5.73 Å². The second kappa shape index (κ2) is 5.03. The van der Waals surface area contributed by atoms with Crippen LogP contribution < -0.4 is 5.73 Å². The van der Waals surface area contributed by atoms with Crippen LogP contribution in [-0.2, 0) is 6.42 Å². The predicted octanol–water partition coefficient (Wildman–Crippen LogP) is 3.21. The molecule has 2 rings (SSSR count). The van der Waals surface area contributed by atoms with Gasteiger partial charge in [0, 0.05) is 10.4 Å². The van der Waals surface area contributed by atoms with Gasteiger partial charge in [-0.05, 0) is 41.0 Å². The van der Waals surface area contributed by atoms with Crippen LogP contribution >= 0.6 is 27.3 Å². The number of hydrogen-bond acceptors (Lipinski definition) is 3. The average molecular weight is 301 g/mol. The summed E-state index contributed by atoms with van der Waals surface area (Å²) in [5, 5.41) is 0.815. The maximum absolute atomic E-state index is 13.1. The minimum Gasteiger partial charge on any atom is -0.330 e. The fraction of sp³-hybridized carbons (Fsp3) is 0.182. The van der Waals surface area contributed by atoms with Crippen LogP contribution in [0.15, 0.2) is 28.9 Å². The molecular formula is C11H10BrFN2S. The van der Waals surface area contributed by atoms with Crippen molar-refractivity contribution in [3.63, 3.8) is 0 Å². The molecule has 2 N–H and O–H groups in total. The minimum atomic E-state index is -0.246. The third kappa shape index (κ3) is 2.48. The van der Waals surface area contributed by atoms with Crippen LogP contribution in [0.1, 0.15) is 4.88 Å². The molecule has 16 heavy (non-hydrogen) atoms. The van der Waals surface area contributed by atoms with Crippen molar-refractivity contribution in [1.82, 2.24) is 4.98 Å². The Kier molecular flexibility index (Phi) is 3.68. The lowest BCUT2D eigenvalue weighted by atomic mass is 10.2. The maximum Gasteiger partial charge on any atom is 0.125 e. The number of nitrogens with zero attached hydrogens (tertiary/aromatic N) is 1. The van der Waals surface area contributed by atoms with E-state index in [0.29, 0.717) is 6.54 Å². The van der Waals surface area contributed by atoms with Crippen molar-refractivity contribution >= 4 is 27.3 Å². The first-order chi connectivity index (χ1) is 7.70. The highest BCUT2D eigenvalue weighted by molar-refractivity contribution is 9.10. The van der Waals surface area contributed by atoms with Crippen molar-refractivity contribution in [2.45, 2.75) is 6.42 Å². The van der Waals surface area contributed by atoms with E-state index in [9.17, 15) is 4.39 Å². The Labute approximate surface area is 105 Å². The second-order valence-corrected chi connectivity index (χ2v) is 5.12. The molecule has 2 aromatic rings. The zero-order chi connectivity index (χ0) is 11.5. The van der Waals surface area contributed by atoms with Gasteiger partial charge in [0.25, 0.3) is 0 Å². The van der Waals surface area contributed by atoms with E-state index >= 15 is 0 Å². The van der Waals surface area contributed by atoms with Crippen LogP contribution in [0.5, 0.6) is 0 Å². The fourth-order valence-corrected chi connectivity index (χ4v) is 3.06. The van der Waals surface area contributed by atoms with Gasteiger partial charge in [-0.1, -0.05) is 12.1 Å². The molecule has 0 unspecified atom stereocenters. The molecule has 0 amide bonds. The van der Waals surface area contributed by atoms with Gasteiger partial charge in [-0.15, -0.1) is 11.3 Å². The van der Waals surface area contributed by atoms with Gasteiger partial charge in [0.1, 0.15) is 15.4 Å². The molecule has 5 heteroatoms. The van der Waals surface area contributed by atoms with E-state index in [2.05, 4.69) is 20.9 Å². The molecule has 0 saturated heterocycles. The number of rotatable bonds is 3. The van der Waals surface area contributed by atoms with Gasteiger partial charge in [0.15, 0.2) is 0 Å². The molecule has 0 atom stereocenters. The van der Waals surface area contributed by atoms with E-state index in [-0.39, 0.29) is 5.82 Å². The number of aromatic nitrogens is 1. The first-order valence-corrected chi connectivity index (χ1v) is 6.43. The molecular weight excluding hydrogens is 291 g/mol. The monoisotopic (exact) mass is 300 g/mol. The number of halogens is 2. The normalized spacial score (nSPS) is 10.7. The van der Waals surface area contributed by atoms with Gasteiger partial charge in [-0.2, -0.15) is 0 Å². The summed E-state index contributed by atoms with van der Waals surface area (Å²) in [6, 6.07) is 6.44. The molecule has 84 valence electrons. The third-order valence-electron chi connectivity index (χ3n) is 2.09. The fourth-order valence-electron chi connectivity index (χ4n) is 1.36. The smallest absolute Gasteiger partial charge is 0.125 e. The molecule has 0 saturated carbocycles. The van der Waals surface area contributed by atoms with Crippen LogP contribution in [0.3, 0.4) is 0 Å². The van der Waals surface area contributed by atoms with Gasteiger partial charge >= 0.3 is 0 Å². The summed E-state index contributed by atoms with van der Waals surface area (Å²) in [4.78, 5) is 5.45. The Hall–Kier alpha value is -0.780. The molecule has 0 fully saturated rings. The maximum atomic E-state index is 13.1. The molecule has 0 spiro atoms. The van der Waals surface area contributed by atoms with Crippen LogP contribution in [-0.4, -0.2) is 11.5 Å². The van der Waals surface area contributed by atoms with E-state index in [0.717, 1.165) is 26.5 Å². The van der Waals surface area contributed by atoms with Gasteiger partial charge in [-0.3, -0.25) is 0 Å². The summed E-state index contributed by atoms with van der Waals surface area (Å²) in [7, 11) is 0. The van der Waals surface area contributed by atoms with Crippen molar-refractivity contribution in [2.75, 3.05) is 6.54 Å². The molecule has 0 radical (unpaired) electrons. The van der Waals surface area contributed by atoms with Gasteiger partial charge in [0.05, 0.1) is 0 Å². The zero-order valence-corrected chi connectivity index (χ0v) is 10.8. The third-order valence-corrected chi connectivity index (χ3v) is 4.18. The van der Waals surface area contributed by atoms with E-state index in [1.54, 1.807) is 17.4 Å². The molecule has 1 heterocycles. The van der Waals surface area contributed by atoms with Gasteiger partial charge in [0.2, 0.25) is 0 Å². The van der Waals surface area contributed by atoms with Crippen molar-refractivity contribution < 1.29 is 4.39 Å². The van der Waals surface area contributed by atoms with E-state index < -0.39 is 0 Å². The first-order valence-electron chi connectivity index (χ1n) is 4.82. The van der Waals surface area contributed by atoms with E-state index in [1.807, 2.05) is 6.07 Å². The highest BCUT2D eigenvalue weighted by atomic mass is 79.9. The minimum absolute atomic E-state index is 0.246. The molecule has 2 nitrogen and oxygen atoms in total. The Balaban J connectivity index is 2.37. The molecule has 0 aliphatic rings. The molecule has 1 aromatic carbocycles. The Morgan fingerprint density at radius 3 is 2.94 bits per heavy atom. The van der Waals surface area contributed by atoms with Crippen LogP contribution in [0.2, 0.25) is 0 Å². The number of benzene rings is 1. The highest BCUT2D eigenvalue weighted by Crippen LogP contribution is 2.31. The van der Waals surface area contributed by atoms with Crippen LogP contribution in [0.4, 0.5) is 4.39 Å². The summed E-state index contributed by atoms with van der Waals surface area (Å²) in [5.74, 6) is -0.246. The Morgan fingerprint density at radius 2 is 2.25 bits per heavy atom. The molecule has 1 aromatic heterocycles. The lowest BCUT2D eigenvalue weighted by molar-refractivity contribution is 0.628. The number of thiazole rings is 1. The first kappa shape index (κ1) is 11.7. The van der Waals surface area contributed by atoms with Crippen molar-refractivity contribution in [1.29, 1.82) is 0 Å². The summed E-state index contributed by atoms with van der Waals surface area (Å²) in [6.45, 7) is 0.587. The SMILES string of the molecule is NCCc1sc(-c2cccc(F)c2)nc1Br. The molecule has 0 aliphatic carbocycles. The van der Waals surface area contributed by atoms with Gasteiger partial charge < -0.3 is 5.73 Å². The largest absolute Gasteiger partial charge is 0.330 e. The summed E-state index contributed by atoms with van der Waals surface area (Å²) in [6.07, 6.45) is 0.785.